The van der Waals surface area contributed by atoms with Crippen molar-refractivity contribution in [3.8, 4) is 6.07 Å². The topological polar surface area (TPSA) is 88.4 Å². The van der Waals surface area contributed by atoms with Crippen molar-refractivity contribution in [2.45, 2.75) is 26.0 Å². The van der Waals surface area contributed by atoms with E-state index in [-0.39, 0.29) is 18.9 Å². The second-order valence-electron chi connectivity index (χ2n) is 4.89. The minimum Gasteiger partial charge on any atom is -0.467 e. The summed E-state index contributed by atoms with van der Waals surface area (Å²) in [7, 11) is 1.24. The van der Waals surface area contributed by atoms with Gasteiger partial charge < -0.3 is 14.8 Å². The van der Waals surface area contributed by atoms with Crippen LogP contribution in [-0.4, -0.2) is 31.6 Å². The number of hydrogen-bond acceptors (Lipinski definition) is 5. The largest absolute Gasteiger partial charge is 0.467 e. The van der Waals surface area contributed by atoms with Crippen LogP contribution < -0.4 is 5.32 Å². The van der Waals surface area contributed by atoms with E-state index in [0.717, 1.165) is 5.56 Å². The lowest BCUT2D eigenvalue weighted by molar-refractivity contribution is -0.147. The Balaban J connectivity index is 2.46. The number of carbonyl (C=O) groups is 2. The van der Waals surface area contributed by atoms with Gasteiger partial charge >= 0.3 is 5.97 Å². The molecule has 0 spiro atoms. The monoisotopic (exact) mass is 304 g/mol. The highest BCUT2D eigenvalue weighted by Gasteiger charge is 2.27. The number of methoxy groups -OCH3 is 1. The van der Waals surface area contributed by atoms with Gasteiger partial charge in [-0.05, 0) is 5.56 Å². The van der Waals surface area contributed by atoms with Gasteiger partial charge in [0.25, 0.3) is 0 Å². The van der Waals surface area contributed by atoms with E-state index in [1.54, 1.807) is 6.92 Å². The van der Waals surface area contributed by atoms with Crippen molar-refractivity contribution in [1.82, 2.24) is 5.32 Å². The van der Waals surface area contributed by atoms with Crippen LogP contribution in [-0.2, 0) is 25.7 Å². The average molecular weight is 304 g/mol. The molecule has 0 bridgehead atoms. The van der Waals surface area contributed by atoms with Crippen LogP contribution in [0.1, 0.15) is 18.9 Å². The molecule has 0 aromatic heterocycles. The zero-order chi connectivity index (χ0) is 16.4. The Kier molecular flexibility index (Phi) is 7.65. The van der Waals surface area contributed by atoms with Crippen molar-refractivity contribution in [1.29, 1.82) is 5.26 Å². The molecule has 1 rings (SSSR count). The number of nitrogens with zero attached hydrogens (tertiary/aromatic N) is 1. The zero-order valence-electron chi connectivity index (χ0n) is 12.7. The Labute approximate surface area is 130 Å². The molecule has 0 fully saturated rings. The standard InChI is InChI=1S/C16H20N2O4/c1-12(8-9-17)15(16(20)21-2)18-14(19)11-22-10-13-6-4-3-5-7-13/h3-7,12,15H,8,10-11H2,1-2H3,(H,18,19)/t12-,15+/m0/s1. The van der Waals surface area contributed by atoms with Gasteiger partial charge in [0.05, 0.1) is 19.8 Å². The van der Waals surface area contributed by atoms with Crippen LogP contribution >= 0.6 is 0 Å². The number of hydrogen-bond donors (Lipinski definition) is 1. The Morgan fingerprint density at radius 2 is 2.00 bits per heavy atom. The van der Waals surface area contributed by atoms with Crippen molar-refractivity contribution in [2.24, 2.45) is 5.92 Å². The molecule has 0 saturated heterocycles. The number of amides is 1. The first-order valence-corrected chi connectivity index (χ1v) is 6.94. The first-order valence-electron chi connectivity index (χ1n) is 6.94. The first-order chi connectivity index (χ1) is 10.6. The Morgan fingerprint density at radius 1 is 1.32 bits per heavy atom. The molecule has 1 amide bonds. The number of nitriles is 1. The fourth-order valence-corrected chi connectivity index (χ4v) is 1.87. The molecule has 6 heteroatoms. The van der Waals surface area contributed by atoms with Gasteiger partial charge in [-0.3, -0.25) is 4.79 Å². The van der Waals surface area contributed by atoms with Gasteiger partial charge in [-0.15, -0.1) is 0 Å². The predicted octanol–water partition coefficient (Wildman–Crippen LogP) is 1.41. The quantitative estimate of drug-likeness (QED) is 0.734. The number of nitrogens with one attached hydrogen (secondary N) is 1. The molecule has 0 aliphatic rings. The third kappa shape index (κ3) is 5.94. The number of esters is 1. The maximum atomic E-state index is 11.8. The minimum absolute atomic E-state index is 0.144. The molecule has 0 saturated carbocycles. The van der Waals surface area contributed by atoms with E-state index in [2.05, 4.69) is 10.1 Å². The summed E-state index contributed by atoms with van der Waals surface area (Å²) in [6.45, 7) is 1.85. The summed E-state index contributed by atoms with van der Waals surface area (Å²) in [6.07, 6.45) is 0.144. The number of rotatable bonds is 8. The summed E-state index contributed by atoms with van der Waals surface area (Å²) < 4.78 is 9.96. The lowest BCUT2D eigenvalue weighted by Crippen LogP contribution is -2.47. The SMILES string of the molecule is COC(=O)[C@H](NC(=O)COCc1ccccc1)[C@@H](C)CC#N. The lowest BCUT2D eigenvalue weighted by atomic mass is 9.99. The van der Waals surface area contributed by atoms with Crippen molar-refractivity contribution >= 4 is 11.9 Å². The molecule has 0 unspecified atom stereocenters. The number of carbonyl (C=O) groups excluding carboxylic acids is 2. The molecule has 0 aliphatic carbocycles. The van der Waals surface area contributed by atoms with Crippen LogP contribution in [0.3, 0.4) is 0 Å². The average Bonchev–Trinajstić information content (AvgIpc) is 2.53. The van der Waals surface area contributed by atoms with E-state index < -0.39 is 17.9 Å². The summed E-state index contributed by atoms with van der Waals surface area (Å²) in [5.41, 5.74) is 0.956. The van der Waals surface area contributed by atoms with Crippen LogP contribution in [0, 0.1) is 17.2 Å². The highest BCUT2D eigenvalue weighted by Crippen LogP contribution is 2.09. The predicted molar refractivity (Wildman–Crippen MR) is 79.4 cm³/mol. The number of benzene rings is 1. The maximum Gasteiger partial charge on any atom is 0.328 e. The van der Waals surface area contributed by atoms with Crippen molar-refractivity contribution in [3.05, 3.63) is 35.9 Å². The van der Waals surface area contributed by atoms with E-state index in [4.69, 9.17) is 10.00 Å². The lowest BCUT2D eigenvalue weighted by Gasteiger charge is -2.21. The molecule has 22 heavy (non-hydrogen) atoms. The van der Waals surface area contributed by atoms with E-state index >= 15 is 0 Å². The van der Waals surface area contributed by atoms with Gasteiger partial charge in [-0.2, -0.15) is 5.26 Å². The van der Waals surface area contributed by atoms with Gasteiger partial charge in [0, 0.05) is 12.3 Å². The van der Waals surface area contributed by atoms with Gasteiger partial charge in [0.2, 0.25) is 5.91 Å². The second kappa shape index (κ2) is 9.53. The summed E-state index contributed by atoms with van der Waals surface area (Å²) in [5, 5.41) is 11.3. The van der Waals surface area contributed by atoms with Gasteiger partial charge in [0.1, 0.15) is 12.6 Å². The smallest absolute Gasteiger partial charge is 0.328 e. The molecule has 0 radical (unpaired) electrons. The zero-order valence-corrected chi connectivity index (χ0v) is 12.7. The number of ether oxygens (including phenoxy) is 2. The molecule has 6 nitrogen and oxygen atoms in total. The summed E-state index contributed by atoms with van der Waals surface area (Å²) in [5.74, 6) is -1.33. The Hall–Kier alpha value is -2.39. The van der Waals surface area contributed by atoms with Crippen LogP contribution in [0.4, 0.5) is 0 Å². The fourth-order valence-electron chi connectivity index (χ4n) is 1.87. The maximum absolute atomic E-state index is 11.8. The molecule has 1 aromatic carbocycles. The van der Waals surface area contributed by atoms with Crippen LogP contribution in [0.25, 0.3) is 0 Å². The molecule has 2 atom stereocenters. The van der Waals surface area contributed by atoms with Gasteiger partial charge in [-0.1, -0.05) is 37.3 Å². The summed E-state index contributed by atoms with van der Waals surface area (Å²) in [6, 6.07) is 10.6. The molecular formula is C16H20N2O4. The molecule has 118 valence electrons. The van der Waals surface area contributed by atoms with Gasteiger partial charge in [0.15, 0.2) is 0 Å². The van der Waals surface area contributed by atoms with Crippen molar-refractivity contribution in [3.63, 3.8) is 0 Å². The fraction of sp³-hybridized carbons (Fsp3) is 0.438. The highest BCUT2D eigenvalue weighted by atomic mass is 16.5. The highest BCUT2D eigenvalue weighted by molar-refractivity contribution is 5.85. The van der Waals surface area contributed by atoms with E-state index in [0.29, 0.717) is 6.61 Å². The molecule has 0 aliphatic heterocycles. The van der Waals surface area contributed by atoms with E-state index in [1.165, 1.54) is 7.11 Å². The Bertz CT molecular complexity index is 525. The molecule has 1 N–H and O–H groups in total. The summed E-state index contributed by atoms with van der Waals surface area (Å²) >= 11 is 0. The molecule has 0 heterocycles. The van der Waals surface area contributed by atoms with Crippen molar-refractivity contribution < 1.29 is 19.1 Å². The third-order valence-electron chi connectivity index (χ3n) is 3.10. The first kappa shape index (κ1) is 17.7. The third-order valence-corrected chi connectivity index (χ3v) is 3.10. The van der Waals surface area contributed by atoms with Crippen molar-refractivity contribution in [2.75, 3.05) is 13.7 Å². The molecule has 1 aromatic rings. The van der Waals surface area contributed by atoms with E-state index in [9.17, 15) is 9.59 Å². The summed E-state index contributed by atoms with van der Waals surface area (Å²) in [4.78, 5) is 23.5. The minimum atomic E-state index is -0.850. The van der Waals surface area contributed by atoms with Crippen LogP contribution in [0.15, 0.2) is 30.3 Å². The van der Waals surface area contributed by atoms with E-state index in [1.807, 2.05) is 36.4 Å². The van der Waals surface area contributed by atoms with Gasteiger partial charge in [-0.25, -0.2) is 4.79 Å². The van der Waals surface area contributed by atoms with Crippen LogP contribution in [0.2, 0.25) is 0 Å². The second-order valence-corrected chi connectivity index (χ2v) is 4.89. The van der Waals surface area contributed by atoms with Crippen LogP contribution in [0.5, 0.6) is 0 Å². The Morgan fingerprint density at radius 3 is 2.59 bits per heavy atom. The molecular weight excluding hydrogens is 284 g/mol. The normalized spacial score (nSPS) is 12.8.